The molecule has 1 heterocycles. The van der Waals surface area contributed by atoms with Gasteiger partial charge < -0.3 is 10.1 Å². The molecule has 0 radical (unpaired) electrons. The monoisotopic (exact) mass is 443 g/mol. The van der Waals surface area contributed by atoms with Crippen LogP contribution in [0.1, 0.15) is 16.3 Å². The van der Waals surface area contributed by atoms with Gasteiger partial charge in [-0.25, -0.2) is 18.1 Å². The van der Waals surface area contributed by atoms with E-state index >= 15 is 0 Å². The Labute approximate surface area is 179 Å². The lowest BCUT2D eigenvalue weighted by Gasteiger charge is -2.08. The number of aryl methyl sites for hydroxylation is 1. The largest absolute Gasteiger partial charge is 0.487 e. The third kappa shape index (κ3) is 5.76. The first-order valence-corrected chi connectivity index (χ1v) is 11.4. The number of hydrogen-bond donors (Lipinski definition) is 2. The number of ether oxygens (including phenoxy) is 1. The number of anilines is 1. The summed E-state index contributed by atoms with van der Waals surface area (Å²) in [5, 5.41) is 5.59. The van der Waals surface area contributed by atoms with Gasteiger partial charge in [0.1, 0.15) is 12.4 Å². The van der Waals surface area contributed by atoms with Gasteiger partial charge in [-0.1, -0.05) is 24.3 Å². The van der Waals surface area contributed by atoms with Crippen molar-refractivity contribution in [1.82, 2.24) is 9.71 Å². The van der Waals surface area contributed by atoms with Crippen molar-refractivity contribution in [3.05, 3.63) is 76.3 Å². The highest BCUT2D eigenvalue weighted by atomic mass is 32.2. The summed E-state index contributed by atoms with van der Waals surface area (Å²) in [4.78, 5) is 16.7. The van der Waals surface area contributed by atoms with Crippen molar-refractivity contribution in [1.29, 1.82) is 0 Å². The van der Waals surface area contributed by atoms with Crippen molar-refractivity contribution in [3.8, 4) is 5.75 Å². The van der Waals surface area contributed by atoms with Crippen LogP contribution in [0.2, 0.25) is 0 Å². The van der Waals surface area contributed by atoms with Crippen molar-refractivity contribution >= 4 is 39.0 Å². The van der Waals surface area contributed by atoms with Gasteiger partial charge in [0.2, 0.25) is 15.9 Å². The topological polar surface area (TPSA) is 97.4 Å². The van der Waals surface area contributed by atoms with E-state index in [4.69, 9.17) is 4.74 Å². The maximum atomic E-state index is 12.3. The van der Waals surface area contributed by atoms with Crippen molar-refractivity contribution in [2.75, 3.05) is 12.4 Å². The fourth-order valence-electron chi connectivity index (χ4n) is 2.58. The van der Waals surface area contributed by atoms with E-state index in [2.05, 4.69) is 15.0 Å². The summed E-state index contributed by atoms with van der Waals surface area (Å²) in [6.07, 6.45) is 3.01. The maximum Gasteiger partial charge on any atom is 0.248 e. The number of para-hydroxylation sites is 1. The van der Waals surface area contributed by atoms with Crippen LogP contribution in [-0.2, 0) is 21.4 Å². The summed E-state index contributed by atoms with van der Waals surface area (Å²) >= 11 is 1.56. The van der Waals surface area contributed by atoms with Gasteiger partial charge in [-0.2, -0.15) is 0 Å². The zero-order chi connectivity index (χ0) is 21.6. The molecule has 1 amide bonds. The summed E-state index contributed by atoms with van der Waals surface area (Å²) in [7, 11) is -2.25. The third-order valence-electron chi connectivity index (χ3n) is 4.06. The van der Waals surface area contributed by atoms with Crippen LogP contribution in [0.25, 0.3) is 6.08 Å². The van der Waals surface area contributed by atoms with Crippen molar-refractivity contribution < 1.29 is 17.9 Å². The van der Waals surface area contributed by atoms with E-state index in [1.807, 2.05) is 36.6 Å². The molecule has 0 fully saturated rings. The number of amides is 1. The Morgan fingerprint density at radius 3 is 2.73 bits per heavy atom. The highest BCUT2D eigenvalue weighted by Crippen LogP contribution is 2.21. The molecule has 1 aromatic heterocycles. The molecule has 0 saturated carbocycles. The third-order valence-corrected chi connectivity index (χ3v) is 6.29. The molecule has 9 heteroatoms. The predicted molar refractivity (Wildman–Crippen MR) is 118 cm³/mol. The average molecular weight is 444 g/mol. The van der Waals surface area contributed by atoms with Gasteiger partial charge in [0.15, 0.2) is 0 Å². The number of aromatic nitrogens is 1. The van der Waals surface area contributed by atoms with Crippen molar-refractivity contribution in [2.24, 2.45) is 0 Å². The fraction of sp³-hybridized carbons (Fsp3) is 0.143. The van der Waals surface area contributed by atoms with Gasteiger partial charge in [0.05, 0.1) is 15.6 Å². The second kappa shape index (κ2) is 9.66. The van der Waals surface area contributed by atoms with Crippen molar-refractivity contribution in [2.45, 2.75) is 18.4 Å². The molecule has 0 bridgehead atoms. The van der Waals surface area contributed by atoms with Gasteiger partial charge >= 0.3 is 0 Å². The van der Waals surface area contributed by atoms with E-state index in [1.54, 1.807) is 29.5 Å². The molecule has 7 nitrogen and oxygen atoms in total. The number of thiazole rings is 1. The summed E-state index contributed by atoms with van der Waals surface area (Å²) in [5.74, 6) is 0.244. The second-order valence-electron chi connectivity index (χ2n) is 6.24. The lowest BCUT2D eigenvalue weighted by atomic mass is 10.2. The first-order chi connectivity index (χ1) is 14.4. The first-order valence-electron chi connectivity index (χ1n) is 9.03. The number of sulfonamides is 1. The number of nitrogens with zero attached hydrogens (tertiary/aromatic N) is 1. The second-order valence-corrected chi connectivity index (χ2v) is 9.19. The van der Waals surface area contributed by atoms with Gasteiger partial charge in [-0.05, 0) is 44.3 Å². The Morgan fingerprint density at radius 1 is 1.20 bits per heavy atom. The van der Waals surface area contributed by atoms with Crippen molar-refractivity contribution in [3.63, 3.8) is 0 Å². The lowest BCUT2D eigenvalue weighted by molar-refractivity contribution is -0.111. The normalized spacial score (nSPS) is 11.5. The van der Waals surface area contributed by atoms with Crippen LogP contribution < -0.4 is 14.8 Å². The molecule has 0 spiro atoms. The molecule has 30 heavy (non-hydrogen) atoms. The summed E-state index contributed by atoms with van der Waals surface area (Å²) < 4.78 is 31.9. The summed E-state index contributed by atoms with van der Waals surface area (Å²) in [6, 6.07) is 13.4. The molecule has 2 aromatic carbocycles. The van der Waals surface area contributed by atoms with E-state index in [0.29, 0.717) is 18.0 Å². The highest BCUT2D eigenvalue weighted by molar-refractivity contribution is 7.89. The average Bonchev–Trinajstić information content (AvgIpc) is 3.16. The van der Waals surface area contributed by atoms with E-state index in [0.717, 1.165) is 16.3 Å². The minimum absolute atomic E-state index is 0.0720. The first kappa shape index (κ1) is 21.7. The number of nitrogens with one attached hydrogen (secondary N) is 2. The van der Waals surface area contributed by atoms with Crippen LogP contribution in [0.4, 0.5) is 5.69 Å². The summed E-state index contributed by atoms with van der Waals surface area (Å²) in [6.45, 7) is 2.28. The molecular formula is C21H21N3O4S2. The van der Waals surface area contributed by atoms with Crippen LogP contribution in [0, 0.1) is 6.92 Å². The number of carbonyl (C=O) groups excluding carboxylic acids is 1. The molecule has 0 aliphatic carbocycles. The van der Waals surface area contributed by atoms with Gasteiger partial charge in [0, 0.05) is 22.7 Å². The van der Waals surface area contributed by atoms with Crippen LogP contribution in [-0.4, -0.2) is 26.4 Å². The smallest absolute Gasteiger partial charge is 0.248 e. The lowest BCUT2D eigenvalue weighted by Crippen LogP contribution is -2.18. The number of hydrogen-bond acceptors (Lipinski definition) is 6. The highest BCUT2D eigenvalue weighted by Gasteiger charge is 2.12. The molecule has 0 aliphatic rings. The molecule has 3 aromatic rings. The fourth-order valence-corrected chi connectivity index (χ4v) is 3.96. The molecule has 2 N–H and O–H groups in total. The van der Waals surface area contributed by atoms with Gasteiger partial charge in [0.25, 0.3) is 0 Å². The van der Waals surface area contributed by atoms with E-state index < -0.39 is 10.0 Å². The molecule has 0 unspecified atom stereocenters. The number of rotatable bonds is 8. The number of benzene rings is 2. The zero-order valence-electron chi connectivity index (χ0n) is 16.5. The molecular weight excluding hydrogens is 422 g/mol. The number of carbonyl (C=O) groups is 1. The zero-order valence-corrected chi connectivity index (χ0v) is 18.1. The van der Waals surface area contributed by atoms with Crippen LogP contribution >= 0.6 is 11.3 Å². The standard InChI is InChI=1S/C21H21N3O4S2/c1-15-23-18(14-29-15)13-28-20-9-4-3-6-16(20)10-11-21(25)24-17-7-5-8-19(12-17)30(26,27)22-2/h3-12,14,22H,13H2,1-2H3,(H,24,25)/b11-10+. The Balaban J connectivity index is 1.67. The van der Waals surface area contributed by atoms with E-state index in [-0.39, 0.29) is 10.8 Å². The Hall–Kier alpha value is -3.01. The van der Waals surface area contributed by atoms with Gasteiger partial charge in [-0.15, -0.1) is 11.3 Å². The summed E-state index contributed by atoms with van der Waals surface area (Å²) in [5.41, 5.74) is 1.97. The maximum absolute atomic E-state index is 12.3. The molecule has 3 rings (SSSR count). The minimum Gasteiger partial charge on any atom is -0.487 e. The Morgan fingerprint density at radius 2 is 2.00 bits per heavy atom. The Bertz CT molecular complexity index is 1170. The Kier molecular flexibility index (Phi) is 6.99. The SMILES string of the molecule is CNS(=O)(=O)c1cccc(NC(=O)/C=C/c2ccccc2OCc2csc(C)n2)c1. The van der Waals surface area contributed by atoms with Gasteiger partial charge in [-0.3, -0.25) is 4.79 Å². The van der Waals surface area contributed by atoms with Crippen LogP contribution in [0.5, 0.6) is 5.75 Å². The van der Waals surface area contributed by atoms with Crippen LogP contribution in [0.3, 0.4) is 0 Å². The molecule has 0 aliphatic heterocycles. The quantitative estimate of drug-likeness (QED) is 0.519. The minimum atomic E-state index is -3.59. The van der Waals surface area contributed by atoms with E-state index in [9.17, 15) is 13.2 Å². The molecule has 0 atom stereocenters. The van der Waals surface area contributed by atoms with E-state index in [1.165, 1.54) is 25.3 Å². The molecule has 156 valence electrons. The molecule has 0 saturated heterocycles. The van der Waals surface area contributed by atoms with Crippen LogP contribution in [0.15, 0.2) is 64.9 Å². The predicted octanol–water partition coefficient (Wildman–Crippen LogP) is 3.59.